The monoisotopic (exact) mass is 878 g/mol. The number of carbonyl (C=O) groups excluding carboxylic acids is 1. The van der Waals surface area contributed by atoms with Crippen LogP contribution >= 0.6 is 0 Å². The molecule has 366 valence electrons. The third-order valence-corrected chi connectivity index (χ3v) is 12.4. The van der Waals surface area contributed by atoms with Crippen LogP contribution in [0, 0.1) is 0 Å². The van der Waals surface area contributed by atoms with Crippen LogP contribution in [0.1, 0.15) is 277 Å². The van der Waals surface area contributed by atoms with Gasteiger partial charge in [0.25, 0.3) is 0 Å². The van der Waals surface area contributed by atoms with Gasteiger partial charge in [-0.15, -0.1) is 0 Å². The fraction of sp³-hybridized carbons (Fsp3) is 0.780. The van der Waals surface area contributed by atoms with Gasteiger partial charge in [0.05, 0.1) is 18.8 Å². The summed E-state index contributed by atoms with van der Waals surface area (Å²) in [5, 5.41) is 23.1. The van der Waals surface area contributed by atoms with Gasteiger partial charge in [0, 0.05) is 6.42 Å². The molecule has 0 aliphatic carbocycles. The lowest BCUT2D eigenvalue weighted by molar-refractivity contribution is -0.123. The normalized spacial score (nSPS) is 13.4. The van der Waals surface area contributed by atoms with E-state index in [1.807, 2.05) is 6.08 Å². The van der Waals surface area contributed by atoms with Crippen molar-refractivity contribution in [2.24, 2.45) is 0 Å². The Kier molecular flexibility index (Phi) is 52.3. The van der Waals surface area contributed by atoms with Crippen LogP contribution in [0.2, 0.25) is 0 Å². The lowest BCUT2D eigenvalue weighted by Gasteiger charge is -2.19. The van der Waals surface area contributed by atoms with E-state index in [4.69, 9.17) is 0 Å². The van der Waals surface area contributed by atoms with Crippen molar-refractivity contribution in [1.82, 2.24) is 5.32 Å². The van der Waals surface area contributed by atoms with Gasteiger partial charge in [-0.1, -0.05) is 260 Å². The number of hydrogen-bond acceptors (Lipinski definition) is 3. The van der Waals surface area contributed by atoms with E-state index in [0.717, 1.165) is 64.2 Å². The van der Waals surface area contributed by atoms with Crippen molar-refractivity contribution in [2.45, 2.75) is 289 Å². The molecular formula is C59H107NO3. The summed E-state index contributed by atoms with van der Waals surface area (Å²) in [7, 11) is 0. The number of allylic oxidation sites excluding steroid dienone is 11. The molecule has 1 amide bonds. The van der Waals surface area contributed by atoms with Gasteiger partial charge in [-0.05, 0) is 83.5 Å². The summed E-state index contributed by atoms with van der Waals surface area (Å²) in [6.45, 7) is 4.29. The molecule has 3 N–H and O–H groups in total. The first kappa shape index (κ1) is 60.8. The van der Waals surface area contributed by atoms with Gasteiger partial charge in [0.15, 0.2) is 0 Å². The third-order valence-electron chi connectivity index (χ3n) is 12.4. The number of nitrogens with one attached hydrogen (secondary N) is 1. The van der Waals surface area contributed by atoms with E-state index in [1.165, 1.54) is 193 Å². The molecular weight excluding hydrogens is 771 g/mol. The molecule has 0 spiro atoms. The van der Waals surface area contributed by atoms with E-state index < -0.39 is 12.1 Å². The van der Waals surface area contributed by atoms with Gasteiger partial charge in [0.1, 0.15) is 0 Å². The van der Waals surface area contributed by atoms with E-state index in [9.17, 15) is 15.0 Å². The molecule has 0 aromatic carbocycles. The molecule has 4 heteroatoms. The van der Waals surface area contributed by atoms with Crippen molar-refractivity contribution in [3.63, 3.8) is 0 Å². The Balaban J connectivity index is 3.60. The number of rotatable bonds is 50. The zero-order chi connectivity index (χ0) is 45.6. The van der Waals surface area contributed by atoms with Crippen molar-refractivity contribution >= 4 is 5.91 Å². The minimum Gasteiger partial charge on any atom is -0.394 e. The highest BCUT2D eigenvalue weighted by Gasteiger charge is 2.17. The quantitative estimate of drug-likeness (QED) is 0.0421. The Morgan fingerprint density at radius 2 is 0.667 bits per heavy atom. The minimum absolute atomic E-state index is 0.0905. The third kappa shape index (κ3) is 50.7. The zero-order valence-electron chi connectivity index (χ0n) is 42.1. The Morgan fingerprint density at radius 3 is 1.03 bits per heavy atom. The second-order valence-electron chi connectivity index (χ2n) is 18.6. The smallest absolute Gasteiger partial charge is 0.220 e. The van der Waals surface area contributed by atoms with Crippen LogP contribution in [-0.2, 0) is 4.79 Å². The van der Waals surface area contributed by atoms with E-state index in [-0.39, 0.29) is 12.5 Å². The molecule has 0 aromatic heterocycles. The highest BCUT2D eigenvalue weighted by Crippen LogP contribution is 2.16. The number of carbonyl (C=O) groups is 1. The molecule has 63 heavy (non-hydrogen) atoms. The van der Waals surface area contributed by atoms with Crippen LogP contribution in [0.4, 0.5) is 0 Å². The largest absolute Gasteiger partial charge is 0.394 e. The first-order valence-corrected chi connectivity index (χ1v) is 27.7. The number of hydrogen-bond donors (Lipinski definition) is 3. The van der Waals surface area contributed by atoms with Gasteiger partial charge in [-0.25, -0.2) is 0 Å². The van der Waals surface area contributed by atoms with Crippen LogP contribution in [0.15, 0.2) is 72.9 Å². The highest BCUT2D eigenvalue weighted by atomic mass is 16.3. The lowest BCUT2D eigenvalue weighted by atomic mass is 10.0. The summed E-state index contributed by atoms with van der Waals surface area (Å²) in [6, 6.07) is -0.657. The van der Waals surface area contributed by atoms with E-state index in [2.05, 4.69) is 79.9 Å². The van der Waals surface area contributed by atoms with Gasteiger partial charge < -0.3 is 15.5 Å². The fourth-order valence-corrected chi connectivity index (χ4v) is 8.16. The number of unbranched alkanes of at least 4 members (excludes halogenated alkanes) is 33. The average molecular weight is 879 g/mol. The highest BCUT2D eigenvalue weighted by molar-refractivity contribution is 5.76. The lowest BCUT2D eigenvalue weighted by Crippen LogP contribution is -2.45. The molecule has 2 atom stereocenters. The van der Waals surface area contributed by atoms with Gasteiger partial charge >= 0.3 is 0 Å². The van der Waals surface area contributed by atoms with Crippen LogP contribution in [0.5, 0.6) is 0 Å². The molecule has 0 aromatic rings. The molecule has 0 bridgehead atoms. The predicted molar refractivity (Wildman–Crippen MR) is 281 cm³/mol. The van der Waals surface area contributed by atoms with Crippen molar-refractivity contribution < 1.29 is 15.0 Å². The molecule has 0 saturated heterocycles. The molecule has 0 heterocycles. The van der Waals surface area contributed by atoms with E-state index in [0.29, 0.717) is 6.42 Å². The topological polar surface area (TPSA) is 69.6 Å². The fourth-order valence-electron chi connectivity index (χ4n) is 8.16. The summed E-state index contributed by atoms with van der Waals surface area (Å²) >= 11 is 0. The number of aliphatic hydroxyl groups excluding tert-OH is 2. The molecule has 4 nitrogen and oxygen atoms in total. The second-order valence-corrected chi connectivity index (χ2v) is 18.6. The first-order valence-electron chi connectivity index (χ1n) is 27.7. The summed E-state index contributed by atoms with van der Waals surface area (Å²) in [5.74, 6) is -0.0905. The number of aliphatic hydroxyl groups is 2. The first-order chi connectivity index (χ1) is 31.2. The summed E-state index contributed by atoms with van der Waals surface area (Å²) in [4.78, 5) is 12.4. The average Bonchev–Trinajstić information content (AvgIpc) is 3.29. The Hall–Kier alpha value is -2.17. The maximum atomic E-state index is 12.4. The van der Waals surface area contributed by atoms with Crippen molar-refractivity contribution in [3.05, 3.63) is 72.9 Å². The standard InChI is InChI=1S/C59H107NO3/c1-3-5-7-9-11-13-15-17-19-21-23-25-26-27-28-29-30-31-32-33-35-36-38-40-42-44-46-48-50-52-54-58(62)57(56-61)60-59(63)55-53-51-49-47-45-43-41-39-37-34-24-22-20-18-16-14-12-10-8-6-4-2/h16,18,22,24,36-39,44,46,52,54,57-58,61-62H,3-15,17,19-21,23,25-35,40-43,45,47-51,53,55-56H2,1-2H3,(H,60,63)/b18-16-,24-22-,38-36+,39-37-,46-44+,54-52+. The van der Waals surface area contributed by atoms with Crippen molar-refractivity contribution in [3.8, 4) is 0 Å². The van der Waals surface area contributed by atoms with Crippen molar-refractivity contribution in [1.29, 1.82) is 0 Å². The molecule has 0 rings (SSSR count). The molecule has 0 aliphatic rings. The number of amides is 1. The van der Waals surface area contributed by atoms with Gasteiger partial charge in [-0.2, -0.15) is 0 Å². The minimum atomic E-state index is -0.881. The zero-order valence-corrected chi connectivity index (χ0v) is 42.1. The summed E-state index contributed by atoms with van der Waals surface area (Å²) < 4.78 is 0. The van der Waals surface area contributed by atoms with Crippen molar-refractivity contribution in [2.75, 3.05) is 6.61 Å². The molecule has 0 fully saturated rings. The van der Waals surface area contributed by atoms with Crippen LogP contribution in [0.3, 0.4) is 0 Å². The maximum absolute atomic E-state index is 12.4. The molecule has 2 unspecified atom stereocenters. The Morgan fingerprint density at radius 1 is 0.381 bits per heavy atom. The van der Waals surface area contributed by atoms with Gasteiger partial charge in [0.2, 0.25) is 5.91 Å². The predicted octanol–water partition coefficient (Wildman–Crippen LogP) is 18.2. The Bertz CT molecular complexity index is 1090. The SMILES string of the molecule is CCCCCCC/C=C\C/C=C\C/C=C\CCCCCCCCC(=O)NC(CO)C(O)/C=C/CC/C=C/CC/C=C/CCCCCCCCCCCCCCCCCCCCCC. The maximum Gasteiger partial charge on any atom is 0.220 e. The van der Waals surface area contributed by atoms with Crippen LogP contribution in [-0.4, -0.2) is 34.9 Å². The van der Waals surface area contributed by atoms with Gasteiger partial charge in [-0.3, -0.25) is 4.79 Å². The van der Waals surface area contributed by atoms with E-state index in [1.54, 1.807) is 6.08 Å². The summed E-state index contributed by atoms with van der Waals surface area (Å²) in [5.41, 5.74) is 0. The molecule has 0 saturated carbocycles. The second kappa shape index (κ2) is 54.2. The Labute approximate surface area is 393 Å². The molecule has 0 aliphatic heterocycles. The summed E-state index contributed by atoms with van der Waals surface area (Å²) in [6.07, 6.45) is 77.7. The van der Waals surface area contributed by atoms with Crippen LogP contribution < -0.4 is 5.32 Å². The molecule has 0 radical (unpaired) electrons. The van der Waals surface area contributed by atoms with Crippen LogP contribution in [0.25, 0.3) is 0 Å². The van der Waals surface area contributed by atoms with E-state index >= 15 is 0 Å².